The lowest BCUT2D eigenvalue weighted by atomic mass is 9.95. The Kier molecular flexibility index (Phi) is 5.00. The summed E-state index contributed by atoms with van der Waals surface area (Å²) in [5, 5.41) is 5.34. The lowest BCUT2D eigenvalue weighted by molar-refractivity contribution is -0.130. The summed E-state index contributed by atoms with van der Waals surface area (Å²) in [4.78, 5) is 28.1. The molecule has 0 spiro atoms. The van der Waals surface area contributed by atoms with Gasteiger partial charge >= 0.3 is 0 Å². The lowest BCUT2D eigenvalue weighted by Crippen LogP contribution is -2.40. The van der Waals surface area contributed by atoms with E-state index in [0.29, 0.717) is 5.92 Å². The fourth-order valence-corrected chi connectivity index (χ4v) is 3.50. The summed E-state index contributed by atoms with van der Waals surface area (Å²) in [5.41, 5.74) is 1.07. The average Bonchev–Trinajstić information content (AvgIpc) is 2.60. The molecule has 1 aliphatic rings. The SMILES string of the molecule is CC(=O)N1CCC(CNC(C)c2c[nH]c(=O)c3ccccc23)CC1. The molecule has 1 fully saturated rings. The minimum atomic E-state index is -0.0434. The Hall–Kier alpha value is -2.14. The maximum atomic E-state index is 11.9. The first-order valence-electron chi connectivity index (χ1n) is 8.65. The number of likely N-dealkylation sites (tertiary alicyclic amines) is 1. The summed E-state index contributed by atoms with van der Waals surface area (Å²) in [6.45, 7) is 6.42. The quantitative estimate of drug-likeness (QED) is 0.906. The van der Waals surface area contributed by atoms with Crippen LogP contribution in [0.25, 0.3) is 10.8 Å². The maximum absolute atomic E-state index is 11.9. The number of fused-ring (bicyclic) bond motifs is 1. The molecule has 1 saturated heterocycles. The molecular weight excluding hydrogens is 302 g/mol. The predicted octanol–water partition coefficient (Wildman–Crippen LogP) is 2.44. The van der Waals surface area contributed by atoms with Gasteiger partial charge in [0, 0.05) is 37.6 Å². The van der Waals surface area contributed by atoms with Gasteiger partial charge in [-0.1, -0.05) is 18.2 Å². The first-order valence-corrected chi connectivity index (χ1v) is 8.65. The van der Waals surface area contributed by atoms with Gasteiger partial charge in [-0.2, -0.15) is 0 Å². The molecule has 1 aromatic carbocycles. The number of nitrogens with one attached hydrogen (secondary N) is 2. The highest BCUT2D eigenvalue weighted by Crippen LogP contribution is 2.22. The summed E-state index contributed by atoms with van der Waals surface area (Å²) in [6, 6.07) is 7.89. The van der Waals surface area contributed by atoms with Crippen molar-refractivity contribution < 1.29 is 4.79 Å². The van der Waals surface area contributed by atoms with Crippen LogP contribution in [0.3, 0.4) is 0 Å². The molecule has 24 heavy (non-hydrogen) atoms. The first-order chi connectivity index (χ1) is 11.6. The maximum Gasteiger partial charge on any atom is 0.255 e. The molecule has 0 bridgehead atoms. The summed E-state index contributed by atoms with van der Waals surface area (Å²) >= 11 is 0. The Morgan fingerprint density at radius 3 is 2.62 bits per heavy atom. The van der Waals surface area contributed by atoms with Gasteiger partial charge in [0.05, 0.1) is 0 Å². The monoisotopic (exact) mass is 327 g/mol. The number of carbonyl (C=O) groups is 1. The number of carbonyl (C=O) groups excluding carboxylic acids is 1. The zero-order valence-electron chi connectivity index (χ0n) is 14.3. The number of aromatic nitrogens is 1. The van der Waals surface area contributed by atoms with Crippen molar-refractivity contribution in [2.75, 3.05) is 19.6 Å². The fourth-order valence-electron chi connectivity index (χ4n) is 3.50. The molecule has 1 aliphatic heterocycles. The number of pyridine rings is 1. The summed E-state index contributed by atoms with van der Waals surface area (Å²) in [7, 11) is 0. The highest BCUT2D eigenvalue weighted by Gasteiger charge is 2.21. The Balaban J connectivity index is 1.64. The van der Waals surface area contributed by atoms with E-state index in [4.69, 9.17) is 0 Å². The van der Waals surface area contributed by atoms with E-state index in [1.54, 1.807) is 6.92 Å². The molecule has 2 heterocycles. The van der Waals surface area contributed by atoms with Crippen molar-refractivity contribution in [3.63, 3.8) is 0 Å². The smallest absolute Gasteiger partial charge is 0.255 e. The molecular formula is C19H25N3O2. The molecule has 128 valence electrons. The minimum absolute atomic E-state index is 0.0434. The van der Waals surface area contributed by atoms with Crippen LogP contribution in [-0.2, 0) is 4.79 Å². The predicted molar refractivity (Wildman–Crippen MR) is 96.0 cm³/mol. The van der Waals surface area contributed by atoms with Crippen molar-refractivity contribution in [3.8, 4) is 0 Å². The molecule has 1 atom stereocenters. The van der Waals surface area contributed by atoms with E-state index in [1.807, 2.05) is 35.4 Å². The second-order valence-electron chi connectivity index (χ2n) is 6.70. The number of H-pyrrole nitrogens is 1. The number of rotatable bonds is 4. The summed E-state index contributed by atoms with van der Waals surface area (Å²) in [5.74, 6) is 0.770. The van der Waals surface area contributed by atoms with E-state index in [2.05, 4.69) is 17.2 Å². The highest BCUT2D eigenvalue weighted by atomic mass is 16.2. The largest absolute Gasteiger partial charge is 0.343 e. The Labute approximate surface area is 142 Å². The summed E-state index contributed by atoms with van der Waals surface area (Å²) in [6.07, 6.45) is 3.91. The number of amides is 1. The Morgan fingerprint density at radius 1 is 1.29 bits per heavy atom. The number of aromatic amines is 1. The zero-order valence-corrected chi connectivity index (χ0v) is 14.3. The van der Waals surface area contributed by atoms with Crippen molar-refractivity contribution in [2.45, 2.75) is 32.7 Å². The second kappa shape index (κ2) is 7.18. The van der Waals surface area contributed by atoms with Crippen molar-refractivity contribution >= 4 is 16.7 Å². The van der Waals surface area contributed by atoms with Crippen molar-refractivity contribution in [3.05, 3.63) is 46.4 Å². The van der Waals surface area contributed by atoms with Crippen LogP contribution in [0.4, 0.5) is 0 Å². The number of hydrogen-bond donors (Lipinski definition) is 2. The molecule has 0 saturated carbocycles. The minimum Gasteiger partial charge on any atom is -0.343 e. The topological polar surface area (TPSA) is 65.2 Å². The standard InChI is InChI=1S/C19H25N3O2/c1-13(20-11-15-7-9-22(10-8-15)14(2)23)18-12-21-19(24)17-6-4-3-5-16(17)18/h3-6,12-13,15,20H,7-11H2,1-2H3,(H,21,24). The number of hydrogen-bond acceptors (Lipinski definition) is 3. The molecule has 2 N–H and O–H groups in total. The van der Waals surface area contributed by atoms with Crippen LogP contribution in [0.1, 0.15) is 38.3 Å². The van der Waals surface area contributed by atoms with E-state index >= 15 is 0 Å². The zero-order chi connectivity index (χ0) is 17.1. The normalized spacial score (nSPS) is 17.2. The number of nitrogens with zero attached hydrogens (tertiary/aromatic N) is 1. The van der Waals surface area contributed by atoms with Crippen LogP contribution < -0.4 is 10.9 Å². The van der Waals surface area contributed by atoms with Gasteiger partial charge < -0.3 is 15.2 Å². The van der Waals surface area contributed by atoms with Crippen LogP contribution in [0.5, 0.6) is 0 Å². The van der Waals surface area contributed by atoms with Gasteiger partial charge in [-0.3, -0.25) is 9.59 Å². The molecule has 1 aromatic heterocycles. The molecule has 1 unspecified atom stereocenters. The van der Waals surface area contributed by atoms with Crippen molar-refractivity contribution in [1.29, 1.82) is 0 Å². The second-order valence-corrected chi connectivity index (χ2v) is 6.70. The van der Waals surface area contributed by atoms with Crippen molar-refractivity contribution in [1.82, 2.24) is 15.2 Å². The van der Waals surface area contributed by atoms with E-state index in [9.17, 15) is 9.59 Å². The molecule has 0 aliphatic carbocycles. The van der Waals surface area contributed by atoms with Crippen molar-refractivity contribution in [2.24, 2.45) is 5.92 Å². The molecule has 5 heteroatoms. The Morgan fingerprint density at radius 2 is 1.96 bits per heavy atom. The van der Waals surface area contributed by atoms with E-state index in [0.717, 1.165) is 48.8 Å². The third-order valence-electron chi connectivity index (χ3n) is 5.08. The van der Waals surface area contributed by atoms with Crippen LogP contribution in [-0.4, -0.2) is 35.4 Å². The van der Waals surface area contributed by atoms with E-state index < -0.39 is 0 Å². The third-order valence-corrected chi connectivity index (χ3v) is 5.08. The van der Waals surface area contributed by atoms with E-state index in [-0.39, 0.29) is 17.5 Å². The van der Waals surface area contributed by atoms with Gasteiger partial charge in [0.2, 0.25) is 5.91 Å². The molecule has 1 amide bonds. The van der Waals surface area contributed by atoms with Gasteiger partial charge in [0.1, 0.15) is 0 Å². The molecule has 3 rings (SSSR count). The molecule has 2 aromatic rings. The van der Waals surface area contributed by atoms with Gasteiger partial charge in [-0.05, 0) is 49.2 Å². The summed E-state index contributed by atoms with van der Waals surface area (Å²) < 4.78 is 0. The fraction of sp³-hybridized carbons (Fsp3) is 0.474. The van der Waals surface area contributed by atoms with Gasteiger partial charge in [0.25, 0.3) is 5.56 Å². The van der Waals surface area contributed by atoms with Gasteiger partial charge in [-0.15, -0.1) is 0 Å². The van der Waals surface area contributed by atoms with E-state index in [1.165, 1.54) is 0 Å². The Bertz CT molecular complexity index is 776. The average molecular weight is 327 g/mol. The van der Waals surface area contributed by atoms with Gasteiger partial charge in [0.15, 0.2) is 0 Å². The van der Waals surface area contributed by atoms with Crippen LogP contribution in [0.2, 0.25) is 0 Å². The highest BCUT2D eigenvalue weighted by molar-refractivity contribution is 5.84. The number of benzene rings is 1. The molecule has 0 radical (unpaired) electrons. The van der Waals surface area contributed by atoms with Crippen LogP contribution in [0, 0.1) is 5.92 Å². The van der Waals surface area contributed by atoms with Gasteiger partial charge in [-0.25, -0.2) is 0 Å². The lowest BCUT2D eigenvalue weighted by Gasteiger charge is -2.32. The third kappa shape index (κ3) is 3.51. The number of piperidine rings is 1. The first kappa shape index (κ1) is 16.7. The van der Waals surface area contributed by atoms with Crippen LogP contribution in [0.15, 0.2) is 35.3 Å². The van der Waals surface area contributed by atoms with Crippen LogP contribution >= 0.6 is 0 Å². The molecule has 5 nitrogen and oxygen atoms in total.